The predicted octanol–water partition coefficient (Wildman–Crippen LogP) is 2.72. The number of aromatic hydroxyl groups is 1. The van der Waals surface area contributed by atoms with E-state index >= 15 is 0 Å². The molecule has 7 heteroatoms. The van der Waals surface area contributed by atoms with Crippen LogP contribution in [0.15, 0.2) is 23.4 Å². The van der Waals surface area contributed by atoms with E-state index < -0.39 is 5.97 Å². The molecule has 21 heavy (non-hydrogen) atoms. The number of nitrogens with zero attached hydrogens (tertiary/aromatic N) is 3. The molecule has 0 radical (unpaired) electrons. The molecule has 1 aromatic carbocycles. The van der Waals surface area contributed by atoms with E-state index in [0.29, 0.717) is 11.0 Å². The van der Waals surface area contributed by atoms with Gasteiger partial charge in [0.2, 0.25) is 0 Å². The normalized spacial score (nSPS) is 11.0. The maximum Gasteiger partial charge on any atom is 0.313 e. The summed E-state index contributed by atoms with van der Waals surface area (Å²) in [6.07, 6.45) is 0. The first-order valence-electron chi connectivity index (χ1n) is 6.49. The Bertz CT molecular complexity index is 667. The number of rotatable bonds is 5. The van der Waals surface area contributed by atoms with Crippen LogP contribution in [0.4, 0.5) is 0 Å². The number of aromatic nitrogens is 3. The zero-order valence-corrected chi connectivity index (χ0v) is 12.9. The average Bonchev–Trinajstić information content (AvgIpc) is 2.83. The molecule has 0 atom stereocenters. The molecule has 1 heterocycles. The lowest BCUT2D eigenvalue weighted by Gasteiger charge is -2.13. The van der Waals surface area contributed by atoms with E-state index in [0.717, 1.165) is 22.9 Å². The molecular formula is C14H17N3O3S. The highest BCUT2D eigenvalue weighted by Gasteiger charge is 2.18. The van der Waals surface area contributed by atoms with E-state index in [9.17, 15) is 9.90 Å². The zero-order chi connectivity index (χ0) is 15.6. The second-order valence-corrected chi connectivity index (χ2v) is 5.90. The fourth-order valence-electron chi connectivity index (χ4n) is 1.96. The van der Waals surface area contributed by atoms with Crippen molar-refractivity contribution < 1.29 is 15.0 Å². The van der Waals surface area contributed by atoms with Gasteiger partial charge < -0.3 is 10.2 Å². The third-order valence-electron chi connectivity index (χ3n) is 2.96. The predicted molar refractivity (Wildman–Crippen MR) is 80.6 cm³/mol. The van der Waals surface area contributed by atoms with Gasteiger partial charge in [-0.15, -0.1) is 10.2 Å². The zero-order valence-electron chi connectivity index (χ0n) is 12.1. The van der Waals surface area contributed by atoms with Crippen molar-refractivity contribution in [3.05, 3.63) is 23.8 Å². The largest absolute Gasteiger partial charge is 0.508 e. The molecular weight excluding hydrogens is 290 g/mol. The summed E-state index contributed by atoms with van der Waals surface area (Å²) in [4.78, 5) is 10.7. The van der Waals surface area contributed by atoms with Gasteiger partial charge in [0.25, 0.3) is 0 Å². The summed E-state index contributed by atoms with van der Waals surface area (Å²) in [6.45, 7) is 5.80. The van der Waals surface area contributed by atoms with Gasteiger partial charge in [-0.25, -0.2) is 0 Å². The van der Waals surface area contributed by atoms with Crippen LogP contribution in [-0.2, 0) is 4.79 Å². The number of carboxylic acid groups (broad SMARTS) is 1. The molecule has 0 bridgehead atoms. The topological polar surface area (TPSA) is 88.2 Å². The second-order valence-electron chi connectivity index (χ2n) is 4.95. The van der Waals surface area contributed by atoms with Crippen LogP contribution < -0.4 is 0 Å². The molecule has 0 aliphatic heterocycles. The van der Waals surface area contributed by atoms with E-state index in [-0.39, 0.29) is 17.5 Å². The summed E-state index contributed by atoms with van der Waals surface area (Å²) in [7, 11) is 0. The Morgan fingerprint density at radius 3 is 2.67 bits per heavy atom. The van der Waals surface area contributed by atoms with Gasteiger partial charge in [0, 0.05) is 11.6 Å². The van der Waals surface area contributed by atoms with Gasteiger partial charge in [-0.3, -0.25) is 9.36 Å². The van der Waals surface area contributed by atoms with Crippen LogP contribution in [0.2, 0.25) is 0 Å². The minimum absolute atomic E-state index is 0.0561. The van der Waals surface area contributed by atoms with Gasteiger partial charge in [-0.1, -0.05) is 11.8 Å². The minimum atomic E-state index is -0.889. The highest BCUT2D eigenvalue weighted by atomic mass is 32.2. The third-order valence-corrected chi connectivity index (χ3v) is 3.89. The molecule has 2 N–H and O–H groups in total. The van der Waals surface area contributed by atoms with Gasteiger partial charge in [0.05, 0.1) is 5.75 Å². The van der Waals surface area contributed by atoms with Crippen molar-refractivity contribution in [3.63, 3.8) is 0 Å². The molecule has 0 fully saturated rings. The highest BCUT2D eigenvalue weighted by molar-refractivity contribution is 7.99. The summed E-state index contributed by atoms with van der Waals surface area (Å²) >= 11 is 1.15. The summed E-state index contributed by atoms with van der Waals surface area (Å²) in [6, 6.07) is 5.33. The highest BCUT2D eigenvalue weighted by Crippen LogP contribution is 2.29. The molecule has 112 valence electrons. The number of benzene rings is 1. The van der Waals surface area contributed by atoms with E-state index in [1.807, 2.05) is 31.4 Å². The van der Waals surface area contributed by atoms with Crippen molar-refractivity contribution in [1.82, 2.24) is 14.8 Å². The Labute approximate surface area is 126 Å². The van der Waals surface area contributed by atoms with Crippen LogP contribution in [-0.4, -0.2) is 36.7 Å². The molecule has 0 saturated carbocycles. The first-order chi connectivity index (χ1) is 9.90. The van der Waals surface area contributed by atoms with Crippen LogP contribution in [0.5, 0.6) is 5.75 Å². The molecule has 2 rings (SSSR count). The number of phenols is 1. The van der Waals surface area contributed by atoms with E-state index in [2.05, 4.69) is 10.2 Å². The van der Waals surface area contributed by atoms with Crippen LogP contribution in [0.25, 0.3) is 11.4 Å². The van der Waals surface area contributed by atoms with Gasteiger partial charge in [-0.2, -0.15) is 0 Å². The maximum atomic E-state index is 10.7. The van der Waals surface area contributed by atoms with Crippen LogP contribution in [0.1, 0.15) is 25.5 Å². The van der Waals surface area contributed by atoms with Crippen molar-refractivity contribution in [2.24, 2.45) is 0 Å². The molecule has 0 spiro atoms. The van der Waals surface area contributed by atoms with Gasteiger partial charge in [-0.05, 0) is 44.5 Å². The number of aryl methyl sites for hydroxylation is 1. The van der Waals surface area contributed by atoms with E-state index in [1.165, 1.54) is 0 Å². The number of thioether (sulfide) groups is 1. The average molecular weight is 307 g/mol. The van der Waals surface area contributed by atoms with Crippen molar-refractivity contribution in [1.29, 1.82) is 0 Å². The molecule has 0 aliphatic rings. The second kappa shape index (κ2) is 6.17. The van der Waals surface area contributed by atoms with Crippen LogP contribution in [0.3, 0.4) is 0 Å². The molecule has 0 amide bonds. The Morgan fingerprint density at radius 1 is 1.38 bits per heavy atom. The van der Waals surface area contributed by atoms with Crippen molar-refractivity contribution >= 4 is 17.7 Å². The van der Waals surface area contributed by atoms with Gasteiger partial charge in [0.15, 0.2) is 11.0 Å². The Kier molecular flexibility index (Phi) is 4.52. The SMILES string of the molecule is Cc1cc(-c2nnc(SCC(=O)O)n2C(C)C)ccc1O. The maximum absolute atomic E-state index is 10.7. The number of aliphatic carboxylic acids is 1. The quantitative estimate of drug-likeness (QED) is 0.826. The van der Waals surface area contributed by atoms with Crippen molar-refractivity contribution in [2.75, 3.05) is 5.75 Å². The lowest BCUT2D eigenvalue weighted by Crippen LogP contribution is -2.07. The van der Waals surface area contributed by atoms with E-state index in [4.69, 9.17) is 5.11 Å². The summed E-state index contributed by atoms with van der Waals surface area (Å²) < 4.78 is 1.90. The fourth-order valence-corrected chi connectivity index (χ4v) is 2.75. The van der Waals surface area contributed by atoms with Gasteiger partial charge >= 0.3 is 5.97 Å². The van der Waals surface area contributed by atoms with Crippen molar-refractivity contribution in [2.45, 2.75) is 32.0 Å². The molecule has 1 aromatic heterocycles. The Hall–Kier alpha value is -2.02. The monoisotopic (exact) mass is 307 g/mol. The smallest absolute Gasteiger partial charge is 0.313 e. The Morgan fingerprint density at radius 2 is 2.10 bits per heavy atom. The molecule has 0 saturated heterocycles. The summed E-state index contributed by atoms with van der Waals surface area (Å²) in [5.74, 6) is -0.0458. The third kappa shape index (κ3) is 3.36. The molecule has 2 aromatic rings. The number of carbonyl (C=O) groups is 1. The van der Waals surface area contributed by atoms with E-state index in [1.54, 1.807) is 12.1 Å². The van der Waals surface area contributed by atoms with Crippen molar-refractivity contribution in [3.8, 4) is 17.1 Å². The Balaban J connectivity index is 2.43. The first-order valence-corrected chi connectivity index (χ1v) is 7.48. The number of hydrogen-bond acceptors (Lipinski definition) is 5. The molecule has 0 aliphatic carbocycles. The minimum Gasteiger partial charge on any atom is -0.508 e. The number of phenolic OH excluding ortho intramolecular Hbond substituents is 1. The first kappa shape index (κ1) is 15.4. The lowest BCUT2D eigenvalue weighted by molar-refractivity contribution is -0.133. The fraction of sp³-hybridized carbons (Fsp3) is 0.357. The molecule has 0 unspecified atom stereocenters. The summed E-state index contributed by atoms with van der Waals surface area (Å²) in [5, 5.41) is 27.2. The molecule has 6 nitrogen and oxygen atoms in total. The van der Waals surface area contributed by atoms with Crippen LogP contribution >= 0.6 is 11.8 Å². The van der Waals surface area contributed by atoms with Crippen LogP contribution in [0, 0.1) is 6.92 Å². The lowest BCUT2D eigenvalue weighted by atomic mass is 10.1. The standard InChI is InChI=1S/C14H17N3O3S/c1-8(2)17-13(10-4-5-11(18)9(3)6-10)15-16-14(17)21-7-12(19)20/h4-6,8,18H,7H2,1-3H3,(H,19,20). The number of hydrogen-bond donors (Lipinski definition) is 2. The van der Waals surface area contributed by atoms with Gasteiger partial charge in [0.1, 0.15) is 5.75 Å². The summed E-state index contributed by atoms with van der Waals surface area (Å²) in [5.41, 5.74) is 1.60. The number of carboxylic acids is 1.